The second kappa shape index (κ2) is 56.9. The van der Waals surface area contributed by atoms with Gasteiger partial charge in [-0.25, -0.2) is 29.9 Å². The molecule has 150 heavy (non-hydrogen) atoms. The summed E-state index contributed by atoms with van der Waals surface area (Å²) in [5.74, 6) is 18.8. The number of hydrogen-bond donors (Lipinski definition) is 0. The van der Waals surface area contributed by atoms with Crippen LogP contribution in [0.15, 0.2) is 273 Å². The molecule has 0 saturated heterocycles. The molecule has 7 heterocycles. The average Bonchev–Trinajstić information content (AvgIpc) is 1.66. The van der Waals surface area contributed by atoms with E-state index in [1.165, 1.54) is 16.6 Å². The predicted molar refractivity (Wildman–Crippen MR) is 604 cm³/mol. The second-order valence-corrected chi connectivity index (χ2v) is 39.8. The van der Waals surface area contributed by atoms with Gasteiger partial charge in [0.15, 0.2) is 0 Å². The fourth-order valence-electron chi connectivity index (χ4n) is 17.2. The molecule has 7 aromatic heterocycles. The molecule has 0 spiro atoms. The molecule has 0 radical (unpaired) electrons. The first-order valence-electron chi connectivity index (χ1n) is 53.0. The molecule has 0 N–H and O–H groups in total. The Morgan fingerprint density at radius 3 is 1.01 bits per heavy atom. The zero-order valence-corrected chi connectivity index (χ0v) is 91.7. The van der Waals surface area contributed by atoms with Crippen molar-refractivity contribution in [1.82, 2.24) is 67.2 Å². The van der Waals surface area contributed by atoms with Crippen LogP contribution in [0.2, 0.25) is 0 Å². The van der Waals surface area contributed by atoms with Gasteiger partial charge >= 0.3 is 0 Å². The van der Waals surface area contributed by atoms with E-state index in [4.69, 9.17) is 86.7 Å². The first-order valence-corrected chi connectivity index (χ1v) is 53.0. The van der Waals surface area contributed by atoms with Crippen molar-refractivity contribution in [2.24, 2.45) is 35.5 Å². The number of methoxy groups -OCH3 is 1. The number of hydrogen-bond acceptors (Lipinski definition) is 20. The molecule has 11 aromatic carbocycles. The lowest BCUT2D eigenvalue weighted by Gasteiger charge is -2.15. The summed E-state index contributed by atoms with van der Waals surface area (Å²) in [5.41, 5.74) is 15.3. The summed E-state index contributed by atoms with van der Waals surface area (Å²) in [6, 6.07) is 86.1. The Morgan fingerprint density at radius 2 is 0.593 bits per heavy atom. The van der Waals surface area contributed by atoms with E-state index in [1.807, 2.05) is 228 Å². The Labute approximate surface area is 886 Å². The lowest BCUT2D eigenvalue weighted by Crippen LogP contribution is -2.19. The van der Waals surface area contributed by atoms with E-state index >= 15 is 0 Å². The number of imidazole rings is 6. The first-order chi connectivity index (χ1) is 72.7. The third-order valence-electron chi connectivity index (χ3n) is 23.9. The van der Waals surface area contributed by atoms with Gasteiger partial charge in [-0.2, -0.15) is 0 Å². The number of aryl methyl sites for hydroxylation is 2. The van der Waals surface area contributed by atoms with Crippen LogP contribution in [0, 0.1) is 42.4 Å². The Morgan fingerprint density at radius 1 is 0.267 bits per heavy atom. The predicted octanol–water partition coefficient (Wildman–Crippen LogP) is 28.2. The number of aromatic nitrogens is 13. The maximum absolute atomic E-state index is 6.05. The van der Waals surface area contributed by atoms with Crippen LogP contribution in [0.5, 0.6) is 69.0 Å². The quantitative estimate of drug-likeness (QED) is 0.0345. The van der Waals surface area contributed by atoms with Crippen molar-refractivity contribution in [2.75, 3.05) is 54.2 Å². The maximum Gasteiger partial charge on any atom is 0.149 e. The standard InChI is InChI=1S/C24H32N2O2.C23H30N2O2.C22H28N2O3.C21H26N2O3.2C17H19N3O/c1-17(2)11-12-27-21-9-10-22-23(14-21)26(15-18(3)4)24(25-22)16-28-20-8-6-7-19(5)13-20;1-5-8-18-11-12-21-22(13-18)25(15-17(3)4)23(24-21)16-27-20-10-7-9-19(14-20)26-6-2;1-5-25-17-8-7-9-18(12-17)27-15-22-23-20-11-10-19(26-6-2)13-21(20)24(22)14-16(3)4;1-5-25-18-9-10-20-19(12-18)22-21(23(20)13-15(2)3)14-26-17-8-6-7-16(11-17)24-4;1-13(2)11-20-16-8-4-3-7-15(16)19-17(20)12-21-14-6-5-9-18-10-14;1-19(2)13-20-16-11-7-6-10-15(16)18-17(20)12-21-14-8-4-3-5-9-14/h6-10,13-14,17-18H,11-12,15-16H2,1-5H3;7,9-14,17H,5-6,8,15-16H2,1-4H3;7-13,16H,5-6,14-15H2,1-4H3;6-12,15H,5,13-14H2,1-4H3;3-10,13H,11-12H2,1-2H3;3-11H,12-13H2,1-2H3. The second-order valence-electron chi connectivity index (χ2n) is 39.8. The van der Waals surface area contributed by atoms with Crippen LogP contribution in [0.3, 0.4) is 0 Å². The third kappa shape index (κ3) is 33.2. The zero-order valence-electron chi connectivity index (χ0n) is 91.7. The van der Waals surface area contributed by atoms with Crippen LogP contribution >= 0.6 is 0 Å². The van der Waals surface area contributed by atoms with Gasteiger partial charge < -0.3 is 84.2 Å². The van der Waals surface area contributed by atoms with Gasteiger partial charge in [-0.05, 0) is 254 Å². The van der Waals surface area contributed by atoms with E-state index in [0.717, 1.165) is 230 Å². The van der Waals surface area contributed by atoms with Crippen molar-refractivity contribution in [1.29, 1.82) is 0 Å². The van der Waals surface area contributed by atoms with Gasteiger partial charge in [-0.15, -0.1) is 0 Å². The van der Waals surface area contributed by atoms with Crippen LogP contribution < -0.4 is 56.8 Å². The molecule has 0 aliphatic rings. The number of pyridine rings is 1. The highest BCUT2D eigenvalue weighted by atomic mass is 16.5. The van der Waals surface area contributed by atoms with Gasteiger partial charge in [0.25, 0.3) is 0 Å². The molecule has 26 heteroatoms. The minimum atomic E-state index is 0.401. The topological polar surface area (TPSA) is 234 Å². The Bertz CT molecular complexity index is 6900. The van der Waals surface area contributed by atoms with Crippen molar-refractivity contribution in [3.05, 3.63) is 319 Å². The van der Waals surface area contributed by atoms with Gasteiger partial charge in [0.2, 0.25) is 0 Å². The normalized spacial score (nSPS) is 11.3. The number of nitrogens with zero attached hydrogens (tertiary/aromatic N) is 14. The van der Waals surface area contributed by atoms with Crippen LogP contribution in [0.1, 0.15) is 177 Å². The third-order valence-corrected chi connectivity index (χ3v) is 23.9. The van der Waals surface area contributed by atoms with Crippen LogP contribution in [-0.4, -0.2) is 121 Å². The molecule has 0 amide bonds. The summed E-state index contributed by atoms with van der Waals surface area (Å²) in [5, 5.41) is 0. The Hall–Kier alpha value is -15.1. The minimum absolute atomic E-state index is 0.401. The maximum atomic E-state index is 6.05. The molecular formula is C124H154N14O12. The first kappa shape index (κ1) is 112. The molecule has 0 aliphatic carbocycles. The zero-order chi connectivity index (χ0) is 106. The van der Waals surface area contributed by atoms with Crippen LogP contribution in [0.25, 0.3) is 66.2 Å². The average molecular weight is 2030 g/mol. The van der Waals surface area contributed by atoms with Crippen molar-refractivity contribution < 1.29 is 56.8 Å². The largest absolute Gasteiger partial charge is 0.497 e. The van der Waals surface area contributed by atoms with Gasteiger partial charge in [0.1, 0.15) is 144 Å². The molecule has 18 aromatic rings. The van der Waals surface area contributed by atoms with E-state index in [0.29, 0.717) is 102 Å². The summed E-state index contributed by atoms with van der Waals surface area (Å²) in [6.07, 6.45) is 6.75. The van der Waals surface area contributed by atoms with Crippen molar-refractivity contribution in [2.45, 2.75) is 223 Å². The number of para-hydroxylation sites is 5. The summed E-state index contributed by atoms with van der Waals surface area (Å²) in [4.78, 5) is 34.8. The van der Waals surface area contributed by atoms with Crippen LogP contribution in [-0.2, 0) is 85.5 Å². The fraction of sp³-hybridized carbons (Fsp3) is 0.379. The Balaban J connectivity index is 0.000000150. The highest BCUT2D eigenvalue weighted by Gasteiger charge is 2.22. The molecule has 0 aliphatic heterocycles. The lowest BCUT2D eigenvalue weighted by molar-refractivity contribution is 0.270. The van der Waals surface area contributed by atoms with Gasteiger partial charge in [0, 0.05) is 75.3 Å². The van der Waals surface area contributed by atoms with Crippen molar-refractivity contribution >= 4 is 66.2 Å². The number of ether oxygens (including phenoxy) is 12. The summed E-state index contributed by atoms with van der Waals surface area (Å²) in [7, 11) is 5.75. The van der Waals surface area contributed by atoms with Gasteiger partial charge in [0.05, 0.1) is 119 Å². The molecule has 0 unspecified atom stereocenters. The monoisotopic (exact) mass is 2030 g/mol. The SMILES string of the molecule is CC(C)Cn1c(COc2cccnc2)nc2ccccc21.CCCc1ccc2nc(COc3cccc(OCC)c3)n(CC(C)C)c2c1.CCOc1ccc2c(c1)nc(COc1cccc(OC)c1)n2CC(C)C.CCOc1cccc(OCc2nc3ccc(OCC)cc3n2CC(C)C)c1.CN(C)Cn1c(COc2ccccc2)nc2ccccc21.Cc1cccc(OCc2nc3ccc(OCCC(C)C)cc3n2CC(C)C)c1. The summed E-state index contributed by atoms with van der Waals surface area (Å²) < 4.78 is 82.8. The smallest absolute Gasteiger partial charge is 0.149 e. The number of rotatable bonds is 45. The van der Waals surface area contributed by atoms with E-state index in [9.17, 15) is 0 Å². The molecule has 0 fully saturated rings. The van der Waals surface area contributed by atoms with E-state index < -0.39 is 0 Å². The highest BCUT2D eigenvalue weighted by molar-refractivity contribution is 5.81. The minimum Gasteiger partial charge on any atom is -0.497 e. The molecule has 0 atom stereocenters. The molecular weight excluding hydrogens is 1880 g/mol. The Kier molecular flexibility index (Phi) is 42.6. The van der Waals surface area contributed by atoms with E-state index in [-0.39, 0.29) is 0 Å². The van der Waals surface area contributed by atoms with E-state index in [1.54, 1.807) is 19.5 Å². The van der Waals surface area contributed by atoms with Gasteiger partial charge in [-0.1, -0.05) is 175 Å². The molecule has 0 saturated carbocycles. The molecule has 18 rings (SSSR count). The van der Waals surface area contributed by atoms with E-state index in [2.05, 4.69) is 209 Å². The number of fused-ring (bicyclic) bond motifs is 6. The number of benzene rings is 11. The highest BCUT2D eigenvalue weighted by Crippen LogP contribution is 2.34. The van der Waals surface area contributed by atoms with Crippen molar-refractivity contribution in [3.8, 4) is 69.0 Å². The fourth-order valence-corrected chi connectivity index (χ4v) is 17.2. The lowest BCUT2D eigenvalue weighted by atomic mass is 10.1. The molecule has 792 valence electrons. The molecule has 26 nitrogen and oxygen atoms in total. The van der Waals surface area contributed by atoms with Gasteiger partial charge in [-0.3, -0.25) is 9.88 Å². The van der Waals surface area contributed by atoms with Crippen LogP contribution in [0.4, 0.5) is 0 Å². The molecule has 0 bridgehead atoms. The van der Waals surface area contributed by atoms with Crippen molar-refractivity contribution in [3.63, 3.8) is 0 Å². The summed E-state index contributed by atoms with van der Waals surface area (Å²) in [6.45, 7) is 50.0. The summed E-state index contributed by atoms with van der Waals surface area (Å²) >= 11 is 0.